The summed E-state index contributed by atoms with van der Waals surface area (Å²) < 4.78 is 5.47. The number of allylic oxidation sites excluding steroid dienone is 4. The van der Waals surface area contributed by atoms with Gasteiger partial charge in [0.05, 0.1) is 30.6 Å². The van der Waals surface area contributed by atoms with Gasteiger partial charge in [-0.05, 0) is 82.2 Å². The molecule has 0 radical (unpaired) electrons. The number of carbonyl (C=O) groups is 1. The highest BCUT2D eigenvalue weighted by Crippen LogP contribution is 2.29. The Labute approximate surface area is 231 Å². The lowest BCUT2D eigenvalue weighted by Gasteiger charge is -2.42. The highest BCUT2D eigenvalue weighted by Gasteiger charge is 2.28. The third-order valence-electron chi connectivity index (χ3n) is 7.80. The Hall–Kier alpha value is -2.97. The molecule has 0 aromatic carbocycles. The van der Waals surface area contributed by atoms with E-state index in [1.807, 2.05) is 25.2 Å². The van der Waals surface area contributed by atoms with Crippen LogP contribution in [0.4, 0.5) is 0 Å². The molecule has 1 fully saturated rings. The van der Waals surface area contributed by atoms with E-state index in [-0.39, 0.29) is 5.91 Å². The van der Waals surface area contributed by atoms with Crippen LogP contribution in [0, 0.1) is 20.8 Å². The fourth-order valence-electron chi connectivity index (χ4n) is 5.36. The maximum absolute atomic E-state index is 12.7. The zero-order valence-corrected chi connectivity index (χ0v) is 24.2. The number of piperidine rings is 1. The van der Waals surface area contributed by atoms with E-state index in [2.05, 4.69) is 74.7 Å². The zero-order chi connectivity index (χ0) is 27.1. The Morgan fingerprint density at radius 3 is 2.61 bits per heavy atom. The van der Waals surface area contributed by atoms with Gasteiger partial charge in [0.15, 0.2) is 0 Å². The molecule has 1 unspecified atom stereocenters. The van der Waals surface area contributed by atoms with Gasteiger partial charge in [0.2, 0.25) is 0 Å². The lowest BCUT2D eigenvalue weighted by atomic mass is 9.99. The van der Waals surface area contributed by atoms with Crippen LogP contribution in [-0.4, -0.2) is 64.5 Å². The molecule has 8 heteroatoms. The van der Waals surface area contributed by atoms with Crippen LogP contribution in [0.15, 0.2) is 53.5 Å². The highest BCUT2D eigenvalue weighted by atomic mass is 32.1. The molecule has 0 spiro atoms. The van der Waals surface area contributed by atoms with Crippen LogP contribution in [-0.2, 0) is 11.3 Å². The monoisotopic (exact) mass is 535 g/mol. The first kappa shape index (κ1) is 28.0. The Morgan fingerprint density at radius 2 is 1.95 bits per heavy atom. The average Bonchev–Trinajstić information content (AvgIpc) is 3.16. The first-order chi connectivity index (χ1) is 18.4. The smallest absolute Gasteiger partial charge is 0.254 e. The number of thiophene rings is 1. The molecule has 1 aliphatic carbocycles. The van der Waals surface area contributed by atoms with Crippen molar-refractivity contribution in [1.82, 2.24) is 25.1 Å². The molecule has 204 valence electrons. The second-order valence-electron chi connectivity index (χ2n) is 10.3. The van der Waals surface area contributed by atoms with Crippen molar-refractivity contribution >= 4 is 17.2 Å². The molecule has 3 heterocycles. The number of likely N-dealkylation sites (tertiary alicyclic amines) is 1. The molecule has 1 saturated heterocycles. The van der Waals surface area contributed by atoms with Crippen molar-refractivity contribution in [3.8, 4) is 0 Å². The Balaban J connectivity index is 1.34. The van der Waals surface area contributed by atoms with Crippen molar-refractivity contribution in [3.05, 3.63) is 80.9 Å². The molecule has 0 bridgehead atoms. The van der Waals surface area contributed by atoms with E-state index in [4.69, 9.17) is 4.74 Å². The summed E-state index contributed by atoms with van der Waals surface area (Å²) in [4.78, 5) is 27.7. The minimum atomic E-state index is -0.0811. The standard InChI is InChI=1S/C30H41N5O2S/c1-21-14-18-38-28(21)19-35(25-7-6-8-27(37-5)10-9-25)26-12-16-34(17-13-26)22(2)11-15-31-30(36)29-23(3)32-20-33-24(29)4/h6,8-10,14,18,20,22,26H,7,11-13,15-17,19H2,1-5H3,(H,31,36). The number of methoxy groups -OCH3 is 1. The van der Waals surface area contributed by atoms with Gasteiger partial charge in [0.25, 0.3) is 5.91 Å². The number of nitrogens with one attached hydrogen (secondary N) is 1. The number of aromatic nitrogens is 2. The number of carbonyl (C=O) groups excluding carboxylic acids is 1. The largest absolute Gasteiger partial charge is 0.497 e. The van der Waals surface area contributed by atoms with E-state index in [0.29, 0.717) is 24.2 Å². The molecule has 2 aromatic heterocycles. The van der Waals surface area contributed by atoms with Gasteiger partial charge in [-0.2, -0.15) is 0 Å². The van der Waals surface area contributed by atoms with Crippen LogP contribution in [0.25, 0.3) is 0 Å². The molecule has 0 saturated carbocycles. The molecule has 2 aromatic rings. The fraction of sp³-hybridized carbons (Fsp3) is 0.500. The Bertz CT molecular complexity index is 1170. The van der Waals surface area contributed by atoms with E-state index in [1.54, 1.807) is 7.11 Å². The fourth-order valence-corrected chi connectivity index (χ4v) is 6.26. The molecular weight excluding hydrogens is 494 g/mol. The number of nitrogens with zero attached hydrogens (tertiary/aromatic N) is 4. The second kappa shape index (κ2) is 13.2. The van der Waals surface area contributed by atoms with Crippen LogP contribution in [0.2, 0.25) is 0 Å². The van der Waals surface area contributed by atoms with Gasteiger partial charge in [0, 0.05) is 48.7 Å². The summed E-state index contributed by atoms with van der Waals surface area (Å²) in [6, 6.07) is 3.13. The lowest BCUT2D eigenvalue weighted by molar-refractivity contribution is 0.0913. The first-order valence-electron chi connectivity index (χ1n) is 13.6. The minimum Gasteiger partial charge on any atom is -0.497 e. The summed E-state index contributed by atoms with van der Waals surface area (Å²) in [6.45, 7) is 11.9. The lowest BCUT2D eigenvalue weighted by Crippen LogP contribution is -2.47. The SMILES string of the molecule is COC1=CC=C(N(Cc2sccc2C)C2CCN(C(C)CCNC(=O)c3c(C)ncnc3C)CC2)CC=C1. The van der Waals surface area contributed by atoms with Crippen molar-refractivity contribution in [3.63, 3.8) is 0 Å². The third kappa shape index (κ3) is 6.91. The third-order valence-corrected chi connectivity index (χ3v) is 8.81. The van der Waals surface area contributed by atoms with E-state index in [1.165, 1.54) is 22.5 Å². The van der Waals surface area contributed by atoms with Crippen LogP contribution in [0.1, 0.15) is 64.8 Å². The summed E-state index contributed by atoms with van der Waals surface area (Å²) in [5.74, 6) is 0.815. The van der Waals surface area contributed by atoms with Crippen LogP contribution in [0.3, 0.4) is 0 Å². The molecule has 1 amide bonds. The predicted molar refractivity (Wildman–Crippen MR) is 154 cm³/mol. The van der Waals surface area contributed by atoms with Gasteiger partial charge in [-0.3, -0.25) is 4.79 Å². The quantitative estimate of drug-likeness (QED) is 0.445. The van der Waals surface area contributed by atoms with Crippen molar-refractivity contribution in [2.75, 3.05) is 26.7 Å². The maximum Gasteiger partial charge on any atom is 0.254 e. The van der Waals surface area contributed by atoms with Gasteiger partial charge in [-0.15, -0.1) is 11.3 Å². The molecule has 4 rings (SSSR count). The molecule has 7 nitrogen and oxygen atoms in total. The predicted octanol–water partition coefficient (Wildman–Crippen LogP) is 5.31. The maximum atomic E-state index is 12.7. The van der Waals surface area contributed by atoms with Gasteiger partial charge >= 0.3 is 0 Å². The summed E-state index contributed by atoms with van der Waals surface area (Å²) >= 11 is 1.85. The van der Waals surface area contributed by atoms with Gasteiger partial charge < -0.3 is 19.9 Å². The van der Waals surface area contributed by atoms with E-state index in [9.17, 15) is 4.79 Å². The number of aryl methyl sites for hydroxylation is 3. The topological polar surface area (TPSA) is 70.6 Å². The summed E-state index contributed by atoms with van der Waals surface area (Å²) in [7, 11) is 1.72. The Kier molecular flexibility index (Phi) is 9.74. The molecule has 1 N–H and O–H groups in total. The molecule has 2 aliphatic rings. The number of ether oxygens (including phenoxy) is 1. The summed E-state index contributed by atoms with van der Waals surface area (Å²) in [5.41, 5.74) is 4.77. The zero-order valence-electron chi connectivity index (χ0n) is 23.4. The molecule has 1 atom stereocenters. The van der Waals surface area contributed by atoms with E-state index >= 15 is 0 Å². The second-order valence-corrected chi connectivity index (χ2v) is 11.3. The average molecular weight is 536 g/mol. The number of rotatable bonds is 10. The van der Waals surface area contributed by atoms with Crippen molar-refractivity contribution in [2.24, 2.45) is 0 Å². The first-order valence-corrected chi connectivity index (χ1v) is 14.5. The van der Waals surface area contributed by atoms with E-state index in [0.717, 1.165) is 62.5 Å². The van der Waals surface area contributed by atoms with Gasteiger partial charge in [-0.25, -0.2) is 9.97 Å². The Morgan fingerprint density at radius 1 is 1.21 bits per heavy atom. The van der Waals surface area contributed by atoms with Crippen LogP contribution in [0.5, 0.6) is 0 Å². The minimum absolute atomic E-state index is 0.0811. The van der Waals surface area contributed by atoms with E-state index < -0.39 is 0 Å². The number of amides is 1. The van der Waals surface area contributed by atoms with Crippen molar-refractivity contribution in [1.29, 1.82) is 0 Å². The molecule has 38 heavy (non-hydrogen) atoms. The van der Waals surface area contributed by atoms with Crippen LogP contribution >= 0.6 is 11.3 Å². The normalized spacial score (nSPS) is 17.4. The molecule has 1 aliphatic heterocycles. The van der Waals surface area contributed by atoms with Crippen molar-refractivity contribution < 1.29 is 9.53 Å². The highest BCUT2D eigenvalue weighted by molar-refractivity contribution is 7.10. The van der Waals surface area contributed by atoms with Crippen LogP contribution < -0.4 is 5.32 Å². The summed E-state index contributed by atoms with van der Waals surface area (Å²) in [6.07, 6.45) is 14.2. The van der Waals surface area contributed by atoms with Gasteiger partial charge in [-0.1, -0.05) is 6.08 Å². The van der Waals surface area contributed by atoms with Crippen molar-refractivity contribution in [2.45, 2.75) is 72.0 Å². The summed E-state index contributed by atoms with van der Waals surface area (Å²) in [5, 5.41) is 5.28. The molecular formula is C30H41N5O2S. The van der Waals surface area contributed by atoms with Gasteiger partial charge in [0.1, 0.15) is 12.1 Å². The number of hydrogen-bond donors (Lipinski definition) is 1. The number of hydrogen-bond acceptors (Lipinski definition) is 7.